The molecule has 0 aliphatic heterocycles. The maximum absolute atomic E-state index is 11.3. The van der Waals surface area contributed by atoms with Crippen LogP contribution in [0.3, 0.4) is 0 Å². The molecular weight excluding hydrogens is 248 g/mol. The maximum Gasteiger partial charge on any atom is 0.331 e. The molecule has 0 heterocycles. The molecule has 0 atom stereocenters. The number of hydrogen-bond acceptors (Lipinski definition) is 10. The van der Waals surface area contributed by atoms with E-state index in [2.05, 4.69) is 14.4 Å². The second-order valence-electron chi connectivity index (χ2n) is 2.77. The highest BCUT2D eigenvalue weighted by atomic mass is 16.7. The van der Waals surface area contributed by atoms with Crippen molar-refractivity contribution >= 4 is 11.9 Å². The van der Waals surface area contributed by atoms with Crippen LogP contribution in [0, 0.1) is 0 Å². The zero-order valence-electron chi connectivity index (χ0n) is 9.75. The van der Waals surface area contributed by atoms with E-state index in [4.69, 9.17) is 16.4 Å². The minimum Gasteiger partial charge on any atom is -0.466 e. The molecule has 0 aromatic carbocycles. The van der Waals surface area contributed by atoms with Gasteiger partial charge in [-0.2, -0.15) is 0 Å². The van der Waals surface area contributed by atoms with E-state index in [9.17, 15) is 9.59 Å². The molecule has 0 spiro atoms. The third kappa shape index (κ3) is 8.58. The van der Waals surface area contributed by atoms with Gasteiger partial charge in [0.1, 0.15) is 13.2 Å². The van der Waals surface area contributed by atoms with Crippen LogP contribution < -0.4 is 22.9 Å². The van der Waals surface area contributed by atoms with Gasteiger partial charge in [0.2, 0.25) is 0 Å². The molecule has 0 aromatic heterocycles. The Morgan fingerprint density at radius 3 is 2.06 bits per heavy atom. The number of nitrogens with one attached hydrogen (secondary N) is 2. The highest BCUT2D eigenvalue weighted by Gasteiger charge is 2.14. The minimum atomic E-state index is -0.772. The first kappa shape index (κ1) is 16.4. The molecule has 0 amide bonds. The average molecular weight is 264 g/mol. The van der Waals surface area contributed by atoms with Crippen molar-refractivity contribution in [3.05, 3.63) is 12.2 Å². The minimum absolute atomic E-state index is 0.0734. The smallest absolute Gasteiger partial charge is 0.331 e. The Labute approximate surface area is 103 Å². The van der Waals surface area contributed by atoms with Crippen molar-refractivity contribution in [3.8, 4) is 0 Å². The molecule has 0 aliphatic carbocycles. The van der Waals surface area contributed by atoms with E-state index in [1.807, 2.05) is 11.2 Å². The number of nitrogens with two attached hydrogens (primary N) is 2. The highest BCUT2D eigenvalue weighted by Crippen LogP contribution is 1.96. The Morgan fingerprint density at radius 1 is 1.11 bits per heavy atom. The van der Waals surface area contributed by atoms with E-state index in [1.165, 1.54) is 7.11 Å². The fourth-order valence-corrected chi connectivity index (χ4v) is 0.806. The van der Waals surface area contributed by atoms with Crippen LogP contribution in [0.15, 0.2) is 12.2 Å². The van der Waals surface area contributed by atoms with Gasteiger partial charge in [-0.1, -0.05) is 0 Å². The van der Waals surface area contributed by atoms with Gasteiger partial charge in [0.15, 0.2) is 6.10 Å². The zero-order valence-corrected chi connectivity index (χ0v) is 9.75. The van der Waals surface area contributed by atoms with Crippen LogP contribution in [0.1, 0.15) is 0 Å². The molecule has 0 unspecified atom stereocenters. The monoisotopic (exact) mass is 264 g/mol. The van der Waals surface area contributed by atoms with Crippen LogP contribution in [-0.2, 0) is 28.7 Å². The lowest BCUT2D eigenvalue weighted by atomic mass is 10.4. The number of carbonyl (C=O) groups excluding carboxylic acids is 2. The summed E-state index contributed by atoms with van der Waals surface area (Å²) in [5.41, 5.74) is 3.83. The molecule has 0 aliphatic rings. The van der Waals surface area contributed by atoms with E-state index in [0.29, 0.717) is 0 Å². The largest absolute Gasteiger partial charge is 0.466 e. The summed E-state index contributed by atoms with van der Waals surface area (Å²) in [5.74, 6) is 8.32. The van der Waals surface area contributed by atoms with E-state index in [-0.39, 0.29) is 13.2 Å². The molecule has 0 rings (SSSR count). The van der Waals surface area contributed by atoms with E-state index in [0.717, 1.165) is 12.2 Å². The standard InChI is InChI=1S/C8H16N4O6/c1-15-7(13)2-3-8(14)18-6(4-16-11-9)5-17-12-10/h2-3,6,11-12H,4-5,9-10H2,1H3/b3-2+. The van der Waals surface area contributed by atoms with Crippen molar-refractivity contribution < 1.29 is 28.7 Å². The first-order valence-corrected chi connectivity index (χ1v) is 4.75. The molecule has 10 nitrogen and oxygen atoms in total. The van der Waals surface area contributed by atoms with Crippen LogP contribution in [-0.4, -0.2) is 38.4 Å². The van der Waals surface area contributed by atoms with E-state index in [1.54, 1.807) is 0 Å². The summed E-state index contributed by atoms with van der Waals surface area (Å²) in [5, 5.41) is 0. The Morgan fingerprint density at radius 2 is 1.61 bits per heavy atom. The van der Waals surface area contributed by atoms with Crippen molar-refractivity contribution in [2.75, 3.05) is 20.3 Å². The van der Waals surface area contributed by atoms with Crippen LogP contribution in [0.5, 0.6) is 0 Å². The average Bonchev–Trinajstić information content (AvgIpc) is 2.38. The predicted molar refractivity (Wildman–Crippen MR) is 57.6 cm³/mol. The maximum atomic E-state index is 11.3. The van der Waals surface area contributed by atoms with Crippen LogP contribution >= 0.6 is 0 Å². The lowest BCUT2D eigenvalue weighted by Crippen LogP contribution is -2.36. The van der Waals surface area contributed by atoms with Crippen molar-refractivity contribution in [3.63, 3.8) is 0 Å². The second kappa shape index (κ2) is 10.6. The van der Waals surface area contributed by atoms with Crippen molar-refractivity contribution in [2.24, 2.45) is 11.7 Å². The fraction of sp³-hybridized carbons (Fsp3) is 0.500. The lowest BCUT2D eigenvalue weighted by Gasteiger charge is -2.15. The summed E-state index contributed by atoms with van der Waals surface area (Å²) in [6, 6.07) is 0. The van der Waals surface area contributed by atoms with Gasteiger partial charge in [-0.15, -0.1) is 11.2 Å². The number of carbonyl (C=O) groups is 2. The molecule has 0 aromatic rings. The Hall–Kier alpha value is -1.56. The van der Waals surface area contributed by atoms with Crippen molar-refractivity contribution in [1.29, 1.82) is 0 Å². The van der Waals surface area contributed by atoms with Gasteiger partial charge in [0, 0.05) is 12.2 Å². The topological polar surface area (TPSA) is 147 Å². The molecule has 6 N–H and O–H groups in total. The number of esters is 2. The predicted octanol–water partition coefficient (Wildman–Crippen LogP) is -2.58. The fourth-order valence-electron chi connectivity index (χ4n) is 0.806. The summed E-state index contributed by atoms with van der Waals surface area (Å²) < 4.78 is 9.17. The number of rotatable bonds is 9. The summed E-state index contributed by atoms with van der Waals surface area (Å²) in [6.45, 7) is -0.147. The first-order chi connectivity index (χ1) is 8.63. The van der Waals surface area contributed by atoms with Gasteiger partial charge in [-0.05, 0) is 0 Å². The second-order valence-corrected chi connectivity index (χ2v) is 2.77. The number of ether oxygens (including phenoxy) is 2. The van der Waals surface area contributed by atoms with Gasteiger partial charge in [0.25, 0.3) is 0 Å². The van der Waals surface area contributed by atoms with Gasteiger partial charge < -0.3 is 9.47 Å². The summed E-state index contributed by atoms with van der Waals surface area (Å²) in [4.78, 5) is 31.2. The number of hydrogen-bond donors (Lipinski definition) is 4. The van der Waals surface area contributed by atoms with Crippen LogP contribution in [0.25, 0.3) is 0 Å². The Balaban J connectivity index is 4.15. The zero-order chi connectivity index (χ0) is 13.8. The molecular formula is C8H16N4O6. The van der Waals surface area contributed by atoms with Crippen molar-refractivity contribution in [2.45, 2.75) is 6.10 Å². The molecule has 10 heteroatoms. The lowest BCUT2D eigenvalue weighted by molar-refractivity contribution is -0.155. The van der Waals surface area contributed by atoms with Crippen LogP contribution in [0.2, 0.25) is 0 Å². The molecule has 18 heavy (non-hydrogen) atoms. The first-order valence-electron chi connectivity index (χ1n) is 4.75. The summed E-state index contributed by atoms with van der Waals surface area (Å²) in [6.07, 6.45) is 1.06. The highest BCUT2D eigenvalue weighted by molar-refractivity contribution is 5.91. The SMILES string of the molecule is COC(=O)/C=C/C(=O)OC(CONN)CONN. The third-order valence-electron chi connectivity index (χ3n) is 1.54. The molecule has 104 valence electrons. The summed E-state index contributed by atoms with van der Waals surface area (Å²) in [7, 11) is 1.18. The van der Waals surface area contributed by atoms with Gasteiger partial charge in [-0.25, -0.2) is 21.3 Å². The molecule has 0 bridgehead atoms. The molecule has 0 radical (unpaired) electrons. The van der Waals surface area contributed by atoms with Gasteiger partial charge >= 0.3 is 11.9 Å². The van der Waals surface area contributed by atoms with Gasteiger partial charge in [-0.3, -0.25) is 9.68 Å². The number of methoxy groups -OCH3 is 1. The van der Waals surface area contributed by atoms with Crippen molar-refractivity contribution in [1.82, 2.24) is 11.2 Å². The van der Waals surface area contributed by atoms with E-state index < -0.39 is 18.0 Å². The molecule has 0 saturated carbocycles. The van der Waals surface area contributed by atoms with E-state index >= 15 is 0 Å². The third-order valence-corrected chi connectivity index (χ3v) is 1.54. The molecule has 0 fully saturated rings. The Kier molecular flexibility index (Phi) is 9.67. The van der Waals surface area contributed by atoms with Crippen LogP contribution in [0.4, 0.5) is 0 Å². The molecule has 0 saturated heterocycles. The summed E-state index contributed by atoms with van der Waals surface area (Å²) >= 11 is 0. The number of hydrazine groups is 2. The quantitative estimate of drug-likeness (QED) is 0.151. The van der Waals surface area contributed by atoms with Gasteiger partial charge in [0.05, 0.1) is 7.11 Å². The normalized spacial score (nSPS) is 10.9. The Bertz CT molecular complexity index is 277.